The van der Waals surface area contributed by atoms with Crippen molar-refractivity contribution in [1.82, 2.24) is 9.88 Å². The molecule has 1 fully saturated rings. The first-order chi connectivity index (χ1) is 8.42. The molecule has 2 rings (SSSR count). The zero-order valence-electron chi connectivity index (χ0n) is 10.1. The summed E-state index contributed by atoms with van der Waals surface area (Å²) in [5.74, 6) is 0. The van der Waals surface area contributed by atoms with E-state index in [0.29, 0.717) is 19.3 Å². The molecular formula is C13H20N2O2. The maximum absolute atomic E-state index is 8.64. The molecule has 2 heterocycles. The summed E-state index contributed by atoms with van der Waals surface area (Å²) in [5, 5.41) is 8.64. The van der Waals surface area contributed by atoms with Crippen LogP contribution in [-0.2, 0) is 4.74 Å². The van der Waals surface area contributed by atoms with Crippen molar-refractivity contribution in [2.24, 2.45) is 0 Å². The first kappa shape index (κ1) is 12.5. The van der Waals surface area contributed by atoms with E-state index in [4.69, 9.17) is 9.84 Å². The van der Waals surface area contributed by atoms with Crippen molar-refractivity contribution in [1.29, 1.82) is 0 Å². The fourth-order valence-corrected chi connectivity index (χ4v) is 2.41. The maximum atomic E-state index is 8.64. The van der Waals surface area contributed by atoms with Crippen molar-refractivity contribution in [3.8, 4) is 0 Å². The molecule has 0 spiro atoms. The zero-order chi connectivity index (χ0) is 11.9. The summed E-state index contributed by atoms with van der Waals surface area (Å²) in [6.07, 6.45) is 6.17. The molecule has 1 aliphatic rings. The topological polar surface area (TPSA) is 45.6 Å². The van der Waals surface area contributed by atoms with Crippen LogP contribution in [0.5, 0.6) is 0 Å². The molecule has 0 bridgehead atoms. The predicted octanol–water partition coefficient (Wildman–Crippen LogP) is 1.23. The number of ether oxygens (including phenoxy) is 1. The largest absolute Gasteiger partial charge is 0.394 e. The number of rotatable bonds is 6. The van der Waals surface area contributed by atoms with Gasteiger partial charge < -0.3 is 9.84 Å². The Morgan fingerprint density at radius 3 is 2.94 bits per heavy atom. The van der Waals surface area contributed by atoms with E-state index < -0.39 is 0 Å². The Hall–Kier alpha value is -0.970. The van der Waals surface area contributed by atoms with E-state index in [1.165, 1.54) is 18.4 Å². The first-order valence-corrected chi connectivity index (χ1v) is 6.24. The molecule has 1 aliphatic heterocycles. The van der Waals surface area contributed by atoms with Crippen LogP contribution in [0.25, 0.3) is 0 Å². The molecule has 0 aromatic carbocycles. The van der Waals surface area contributed by atoms with E-state index in [1.807, 2.05) is 12.4 Å². The molecule has 1 unspecified atom stereocenters. The molecule has 0 saturated carbocycles. The average Bonchev–Trinajstić information content (AvgIpc) is 2.84. The number of likely N-dealkylation sites (tertiary alicyclic amines) is 1. The van der Waals surface area contributed by atoms with Gasteiger partial charge in [-0.3, -0.25) is 9.88 Å². The minimum absolute atomic E-state index is 0.105. The molecule has 0 radical (unpaired) electrons. The maximum Gasteiger partial charge on any atom is 0.0698 e. The molecule has 1 saturated heterocycles. The Balaban J connectivity index is 1.85. The normalized spacial score (nSPS) is 20.9. The summed E-state index contributed by atoms with van der Waals surface area (Å²) in [5.41, 5.74) is 1.35. The lowest BCUT2D eigenvalue weighted by atomic mass is 10.1. The Morgan fingerprint density at radius 1 is 1.35 bits per heavy atom. The van der Waals surface area contributed by atoms with Crippen LogP contribution in [0, 0.1) is 0 Å². The van der Waals surface area contributed by atoms with Gasteiger partial charge >= 0.3 is 0 Å². The van der Waals surface area contributed by atoms with Gasteiger partial charge in [0.15, 0.2) is 0 Å². The van der Waals surface area contributed by atoms with Crippen molar-refractivity contribution in [2.45, 2.75) is 18.9 Å². The lowest BCUT2D eigenvalue weighted by Crippen LogP contribution is -2.27. The molecule has 1 aromatic heterocycles. The third-order valence-electron chi connectivity index (χ3n) is 3.21. The molecule has 1 atom stereocenters. The SMILES string of the molecule is OCCOCCN1CCCC1c1ccncc1. The van der Waals surface area contributed by atoms with Crippen molar-refractivity contribution in [3.05, 3.63) is 30.1 Å². The molecule has 94 valence electrons. The molecule has 0 aliphatic carbocycles. The van der Waals surface area contributed by atoms with E-state index in [-0.39, 0.29) is 6.61 Å². The second-order valence-corrected chi connectivity index (χ2v) is 4.31. The smallest absolute Gasteiger partial charge is 0.0698 e. The zero-order valence-corrected chi connectivity index (χ0v) is 10.1. The predicted molar refractivity (Wildman–Crippen MR) is 65.7 cm³/mol. The highest BCUT2D eigenvalue weighted by Gasteiger charge is 2.25. The van der Waals surface area contributed by atoms with Gasteiger partial charge in [0, 0.05) is 25.0 Å². The number of hydrogen-bond acceptors (Lipinski definition) is 4. The van der Waals surface area contributed by atoms with Gasteiger partial charge in [0.2, 0.25) is 0 Å². The minimum Gasteiger partial charge on any atom is -0.394 e. The van der Waals surface area contributed by atoms with Gasteiger partial charge in [-0.05, 0) is 37.1 Å². The van der Waals surface area contributed by atoms with E-state index in [1.54, 1.807) is 0 Å². The lowest BCUT2D eigenvalue weighted by molar-refractivity contribution is 0.0709. The first-order valence-electron chi connectivity index (χ1n) is 6.24. The van der Waals surface area contributed by atoms with Gasteiger partial charge in [-0.15, -0.1) is 0 Å². The number of aliphatic hydroxyl groups excluding tert-OH is 1. The van der Waals surface area contributed by atoms with Crippen LogP contribution in [0.2, 0.25) is 0 Å². The quantitative estimate of drug-likeness (QED) is 0.755. The van der Waals surface area contributed by atoms with Crippen LogP contribution in [-0.4, -0.2) is 47.9 Å². The minimum atomic E-state index is 0.105. The van der Waals surface area contributed by atoms with Crippen molar-refractivity contribution in [3.63, 3.8) is 0 Å². The highest BCUT2D eigenvalue weighted by atomic mass is 16.5. The van der Waals surface area contributed by atoms with E-state index in [9.17, 15) is 0 Å². The number of aliphatic hydroxyl groups is 1. The van der Waals surface area contributed by atoms with E-state index >= 15 is 0 Å². The van der Waals surface area contributed by atoms with Gasteiger partial charge in [-0.25, -0.2) is 0 Å². The summed E-state index contributed by atoms with van der Waals surface area (Å²) < 4.78 is 5.32. The molecule has 0 amide bonds. The molecule has 4 nitrogen and oxygen atoms in total. The van der Waals surface area contributed by atoms with E-state index in [2.05, 4.69) is 22.0 Å². The van der Waals surface area contributed by atoms with Crippen LogP contribution >= 0.6 is 0 Å². The van der Waals surface area contributed by atoms with Crippen LogP contribution in [0.1, 0.15) is 24.4 Å². The van der Waals surface area contributed by atoms with Gasteiger partial charge in [0.1, 0.15) is 0 Å². The van der Waals surface area contributed by atoms with Crippen molar-refractivity contribution in [2.75, 3.05) is 32.9 Å². The number of pyridine rings is 1. The highest BCUT2D eigenvalue weighted by Crippen LogP contribution is 2.30. The lowest BCUT2D eigenvalue weighted by Gasteiger charge is -2.24. The standard InChI is InChI=1S/C13H20N2O2/c16-9-11-17-10-8-15-7-1-2-13(15)12-3-5-14-6-4-12/h3-6,13,16H,1-2,7-11H2. The van der Waals surface area contributed by atoms with Crippen LogP contribution < -0.4 is 0 Å². The van der Waals surface area contributed by atoms with Gasteiger partial charge in [0.05, 0.1) is 19.8 Å². The number of aromatic nitrogens is 1. The third-order valence-corrected chi connectivity index (χ3v) is 3.21. The molecular weight excluding hydrogens is 216 g/mol. The van der Waals surface area contributed by atoms with Crippen LogP contribution in [0.4, 0.5) is 0 Å². The molecule has 4 heteroatoms. The molecule has 1 aromatic rings. The monoisotopic (exact) mass is 236 g/mol. The third kappa shape index (κ3) is 3.49. The Labute approximate surface area is 102 Å². The number of nitrogens with zero attached hydrogens (tertiary/aromatic N) is 2. The van der Waals surface area contributed by atoms with Crippen molar-refractivity contribution >= 4 is 0 Å². The summed E-state index contributed by atoms with van der Waals surface area (Å²) in [7, 11) is 0. The Morgan fingerprint density at radius 2 is 2.18 bits per heavy atom. The van der Waals surface area contributed by atoms with Gasteiger partial charge in [-0.1, -0.05) is 0 Å². The second kappa shape index (κ2) is 6.69. The van der Waals surface area contributed by atoms with Crippen molar-refractivity contribution < 1.29 is 9.84 Å². The fourth-order valence-electron chi connectivity index (χ4n) is 2.41. The van der Waals surface area contributed by atoms with Gasteiger partial charge in [0.25, 0.3) is 0 Å². The summed E-state index contributed by atoms with van der Waals surface area (Å²) in [4.78, 5) is 6.51. The van der Waals surface area contributed by atoms with E-state index in [0.717, 1.165) is 13.1 Å². The van der Waals surface area contributed by atoms with Crippen LogP contribution in [0.3, 0.4) is 0 Å². The second-order valence-electron chi connectivity index (χ2n) is 4.31. The Bertz CT molecular complexity index is 318. The van der Waals surface area contributed by atoms with Gasteiger partial charge in [-0.2, -0.15) is 0 Å². The Kier molecular flexibility index (Phi) is 4.91. The average molecular weight is 236 g/mol. The summed E-state index contributed by atoms with van der Waals surface area (Å²) in [6, 6.07) is 4.70. The summed E-state index contributed by atoms with van der Waals surface area (Å²) >= 11 is 0. The molecule has 17 heavy (non-hydrogen) atoms. The highest BCUT2D eigenvalue weighted by molar-refractivity contribution is 5.16. The van der Waals surface area contributed by atoms with Crippen LogP contribution in [0.15, 0.2) is 24.5 Å². The fraction of sp³-hybridized carbons (Fsp3) is 0.615. The summed E-state index contributed by atoms with van der Waals surface area (Å²) in [6.45, 7) is 3.31. The molecule has 1 N–H and O–H groups in total. The number of hydrogen-bond donors (Lipinski definition) is 1.